The summed E-state index contributed by atoms with van der Waals surface area (Å²) in [5.41, 5.74) is 0.824. The van der Waals surface area contributed by atoms with E-state index in [-0.39, 0.29) is 5.54 Å². The molecule has 0 unspecified atom stereocenters. The fourth-order valence-corrected chi connectivity index (χ4v) is 4.68. The van der Waals surface area contributed by atoms with Gasteiger partial charge in [0.25, 0.3) is 0 Å². The molecule has 1 aromatic carbocycles. The molecule has 1 aliphatic rings. The second-order valence-electron chi connectivity index (χ2n) is 7.69. The van der Waals surface area contributed by atoms with Gasteiger partial charge in [0.2, 0.25) is 0 Å². The predicted octanol–water partition coefficient (Wildman–Crippen LogP) is 6.54. The maximum Gasteiger partial charge on any atom is 0.128 e. The van der Waals surface area contributed by atoms with Gasteiger partial charge in [0.1, 0.15) is 5.54 Å². The van der Waals surface area contributed by atoms with Crippen LogP contribution in [0.25, 0.3) is 0 Å². The van der Waals surface area contributed by atoms with Gasteiger partial charge >= 0.3 is 0 Å². The van der Waals surface area contributed by atoms with E-state index >= 15 is 0 Å². The molecule has 138 valence electrons. The topological polar surface area (TPSA) is 27.0 Å². The smallest absolute Gasteiger partial charge is 0.128 e. The number of nitrogens with zero attached hydrogens (tertiary/aromatic N) is 2. The summed E-state index contributed by atoms with van der Waals surface area (Å²) in [6.45, 7) is 4.58. The van der Waals surface area contributed by atoms with Gasteiger partial charge in [-0.1, -0.05) is 51.3 Å². The number of hydrogen-bond acceptors (Lipinski definition) is 2. The summed E-state index contributed by atoms with van der Waals surface area (Å²) in [7, 11) is 0. The van der Waals surface area contributed by atoms with E-state index in [1.165, 1.54) is 37.8 Å². The Kier molecular flexibility index (Phi) is 8.10. The summed E-state index contributed by atoms with van der Waals surface area (Å²) in [5.74, 6) is 1.28. The minimum Gasteiger partial charge on any atom is -0.350 e. The Morgan fingerprint density at radius 2 is 1.96 bits per heavy atom. The number of piperidine rings is 1. The molecule has 0 N–H and O–H groups in total. The SMILES string of the molecule is CCCCC[C@@H]1C[C@H](C)C[C@](C#N)(CCCCCl)N1c1ccccc1. The molecule has 0 aromatic heterocycles. The monoisotopic (exact) mass is 360 g/mol. The van der Waals surface area contributed by atoms with Gasteiger partial charge in [-0.15, -0.1) is 11.6 Å². The molecule has 0 bridgehead atoms. The third-order valence-corrected chi connectivity index (χ3v) is 5.81. The maximum absolute atomic E-state index is 10.3. The first-order valence-electron chi connectivity index (χ1n) is 9.98. The molecule has 1 fully saturated rings. The van der Waals surface area contributed by atoms with E-state index < -0.39 is 0 Å². The number of hydrogen-bond donors (Lipinski definition) is 0. The molecule has 0 aliphatic carbocycles. The number of halogens is 1. The molecule has 25 heavy (non-hydrogen) atoms. The molecule has 0 saturated carbocycles. The Bertz CT molecular complexity index is 539. The molecular weight excluding hydrogens is 328 g/mol. The lowest BCUT2D eigenvalue weighted by atomic mass is 9.74. The van der Waals surface area contributed by atoms with Crippen LogP contribution in [0.5, 0.6) is 0 Å². The second kappa shape index (κ2) is 10.1. The minimum absolute atomic E-state index is 0.387. The van der Waals surface area contributed by atoms with Crippen molar-refractivity contribution < 1.29 is 0 Å². The van der Waals surface area contributed by atoms with Crippen molar-refractivity contribution in [2.75, 3.05) is 10.8 Å². The Morgan fingerprint density at radius 1 is 1.20 bits per heavy atom. The first-order chi connectivity index (χ1) is 12.2. The summed E-state index contributed by atoms with van der Waals surface area (Å²) < 4.78 is 0. The van der Waals surface area contributed by atoms with Crippen LogP contribution in [0, 0.1) is 17.2 Å². The lowest BCUT2D eigenvalue weighted by Gasteiger charge is -2.51. The summed E-state index contributed by atoms with van der Waals surface area (Å²) in [5, 5.41) is 10.3. The summed E-state index contributed by atoms with van der Waals surface area (Å²) in [6.07, 6.45) is 10.0. The van der Waals surface area contributed by atoms with Crippen molar-refractivity contribution >= 4 is 17.3 Å². The van der Waals surface area contributed by atoms with Crippen molar-refractivity contribution in [2.24, 2.45) is 5.92 Å². The molecular formula is C22H33ClN2. The maximum atomic E-state index is 10.3. The van der Waals surface area contributed by atoms with Gasteiger partial charge in [-0.3, -0.25) is 0 Å². The van der Waals surface area contributed by atoms with Crippen LogP contribution in [0.4, 0.5) is 5.69 Å². The highest BCUT2D eigenvalue weighted by Crippen LogP contribution is 2.43. The highest BCUT2D eigenvalue weighted by molar-refractivity contribution is 6.17. The zero-order valence-corrected chi connectivity index (χ0v) is 16.6. The first kappa shape index (κ1) is 20.1. The highest BCUT2D eigenvalue weighted by atomic mass is 35.5. The van der Waals surface area contributed by atoms with E-state index in [1.807, 2.05) is 0 Å². The number of alkyl halides is 1. The Hall–Kier alpha value is -1.20. The molecule has 0 spiro atoms. The number of benzene rings is 1. The number of rotatable bonds is 9. The standard InChI is InChI=1S/C22H33ClN2/c1-3-4-6-13-21-16-19(2)17-22(18-24,14-9-10-15-23)25(21)20-11-7-5-8-12-20/h5,7-8,11-12,19,21H,3-4,6,9-10,13-17H2,1-2H3/t19-,21+,22-/m0/s1. The van der Waals surface area contributed by atoms with E-state index in [0.717, 1.165) is 25.7 Å². The Labute approximate surface area is 159 Å². The molecule has 1 aliphatic heterocycles. The quantitative estimate of drug-likeness (QED) is 0.369. The fraction of sp³-hybridized carbons (Fsp3) is 0.682. The predicted molar refractivity (Wildman–Crippen MR) is 108 cm³/mol. The van der Waals surface area contributed by atoms with Crippen molar-refractivity contribution in [3.8, 4) is 6.07 Å². The number of unbranched alkanes of at least 4 members (excludes halogenated alkanes) is 3. The van der Waals surface area contributed by atoms with Crippen LogP contribution in [0.3, 0.4) is 0 Å². The molecule has 1 aromatic rings. The van der Waals surface area contributed by atoms with E-state index in [4.69, 9.17) is 11.6 Å². The van der Waals surface area contributed by atoms with E-state index in [9.17, 15) is 5.26 Å². The van der Waals surface area contributed by atoms with Gasteiger partial charge in [-0.05, 0) is 56.6 Å². The Morgan fingerprint density at radius 3 is 2.60 bits per heavy atom. The lowest BCUT2D eigenvalue weighted by molar-refractivity contribution is 0.231. The van der Waals surface area contributed by atoms with Crippen LogP contribution in [0.2, 0.25) is 0 Å². The number of nitriles is 1. The largest absolute Gasteiger partial charge is 0.350 e. The van der Waals surface area contributed by atoms with Crippen molar-refractivity contribution in [1.82, 2.24) is 0 Å². The molecule has 1 heterocycles. The lowest BCUT2D eigenvalue weighted by Crippen LogP contribution is -2.58. The molecule has 0 amide bonds. The molecule has 2 nitrogen and oxygen atoms in total. The van der Waals surface area contributed by atoms with Gasteiger partial charge in [0.15, 0.2) is 0 Å². The van der Waals surface area contributed by atoms with Gasteiger partial charge in [-0.2, -0.15) is 5.26 Å². The fourth-order valence-electron chi connectivity index (χ4n) is 4.49. The first-order valence-corrected chi connectivity index (χ1v) is 10.5. The minimum atomic E-state index is -0.387. The van der Waals surface area contributed by atoms with Crippen molar-refractivity contribution in [3.05, 3.63) is 30.3 Å². The highest BCUT2D eigenvalue weighted by Gasteiger charge is 2.45. The molecule has 0 radical (unpaired) electrons. The number of anilines is 1. The average molecular weight is 361 g/mol. The van der Waals surface area contributed by atoms with Gasteiger partial charge in [-0.25, -0.2) is 0 Å². The molecule has 3 atom stereocenters. The van der Waals surface area contributed by atoms with Gasteiger partial charge in [0, 0.05) is 17.6 Å². The summed E-state index contributed by atoms with van der Waals surface area (Å²) in [4.78, 5) is 2.48. The average Bonchev–Trinajstić information content (AvgIpc) is 2.62. The Balaban J connectivity index is 2.33. The summed E-state index contributed by atoms with van der Waals surface area (Å²) in [6, 6.07) is 13.8. The third kappa shape index (κ3) is 5.14. The van der Waals surface area contributed by atoms with E-state index in [0.29, 0.717) is 17.8 Å². The molecule has 3 heteroatoms. The van der Waals surface area contributed by atoms with Crippen LogP contribution in [-0.2, 0) is 0 Å². The van der Waals surface area contributed by atoms with Crippen LogP contribution in [0.15, 0.2) is 30.3 Å². The second-order valence-corrected chi connectivity index (χ2v) is 8.07. The van der Waals surface area contributed by atoms with Gasteiger partial charge < -0.3 is 4.90 Å². The van der Waals surface area contributed by atoms with Crippen molar-refractivity contribution in [2.45, 2.75) is 83.2 Å². The van der Waals surface area contributed by atoms with Crippen molar-refractivity contribution in [3.63, 3.8) is 0 Å². The summed E-state index contributed by atoms with van der Waals surface area (Å²) >= 11 is 5.91. The molecule has 2 rings (SSSR count). The normalized spacial score (nSPS) is 26.4. The zero-order chi connectivity index (χ0) is 18.1. The van der Waals surface area contributed by atoms with Crippen LogP contribution >= 0.6 is 11.6 Å². The van der Waals surface area contributed by atoms with Crippen molar-refractivity contribution in [1.29, 1.82) is 5.26 Å². The van der Waals surface area contributed by atoms with Crippen LogP contribution < -0.4 is 4.90 Å². The number of para-hydroxylation sites is 1. The molecule has 1 saturated heterocycles. The van der Waals surface area contributed by atoms with Crippen LogP contribution in [-0.4, -0.2) is 17.5 Å². The van der Waals surface area contributed by atoms with Crippen LogP contribution in [0.1, 0.15) is 71.6 Å². The van der Waals surface area contributed by atoms with Gasteiger partial charge in [0.05, 0.1) is 6.07 Å². The third-order valence-electron chi connectivity index (χ3n) is 5.54. The van der Waals surface area contributed by atoms with E-state index in [2.05, 4.69) is 55.1 Å². The zero-order valence-electron chi connectivity index (χ0n) is 15.9. The van der Waals surface area contributed by atoms with E-state index in [1.54, 1.807) is 0 Å².